The number of thioether (sulfide) groups is 1. The quantitative estimate of drug-likeness (QED) is 0.867. The molecule has 1 heterocycles. The average molecular weight is 329 g/mol. The van der Waals surface area contributed by atoms with Crippen LogP contribution in [0, 0.1) is 6.92 Å². The van der Waals surface area contributed by atoms with Gasteiger partial charge in [-0.3, -0.25) is 14.5 Å². The Kier molecular flexibility index (Phi) is 4.67. The van der Waals surface area contributed by atoms with Gasteiger partial charge in [-0.2, -0.15) is 0 Å². The highest BCUT2D eigenvalue weighted by molar-refractivity contribution is 8.24. The topological polar surface area (TPSA) is 49.4 Å². The van der Waals surface area contributed by atoms with E-state index in [1.165, 1.54) is 16.7 Å². The third-order valence-electron chi connectivity index (χ3n) is 2.96. The fourth-order valence-corrected chi connectivity index (χ4v) is 3.37. The van der Waals surface area contributed by atoms with Crippen molar-refractivity contribution in [2.45, 2.75) is 19.1 Å². The third-order valence-corrected chi connectivity index (χ3v) is 4.85. The molecule has 0 spiro atoms. The molecule has 1 aliphatic heterocycles. The Morgan fingerprint density at radius 1 is 1.55 bits per heavy atom. The van der Waals surface area contributed by atoms with Gasteiger partial charge in [0.2, 0.25) is 11.8 Å². The second-order valence-electron chi connectivity index (χ2n) is 4.41. The van der Waals surface area contributed by atoms with Crippen LogP contribution in [0.2, 0.25) is 5.02 Å². The number of thiocarbonyl (C=S) groups is 1. The molecular formula is C13H13ClN2O2S2. The van der Waals surface area contributed by atoms with Crippen LogP contribution in [0.5, 0.6) is 0 Å². The summed E-state index contributed by atoms with van der Waals surface area (Å²) in [5.74, 6) is -0.418. The van der Waals surface area contributed by atoms with E-state index < -0.39 is 0 Å². The summed E-state index contributed by atoms with van der Waals surface area (Å²) in [6.07, 6.45) is 0. The number of amides is 2. The number of hydrogen-bond donors (Lipinski definition) is 1. The molecule has 1 fully saturated rings. The molecule has 0 radical (unpaired) electrons. The lowest BCUT2D eigenvalue weighted by atomic mass is 10.2. The molecule has 4 nitrogen and oxygen atoms in total. The van der Waals surface area contributed by atoms with Crippen molar-refractivity contribution in [3.63, 3.8) is 0 Å². The Hall–Kier alpha value is -1.11. The Balaban J connectivity index is 2.05. The van der Waals surface area contributed by atoms with E-state index >= 15 is 0 Å². The smallest absolute Gasteiger partial charge is 0.244 e. The molecule has 2 rings (SSSR count). The molecule has 1 unspecified atom stereocenters. The number of carbonyl (C=O) groups is 2. The predicted octanol–water partition coefficient (Wildman–Crippen LogP) is 2.84. The number of rotatable bonds is 3. The largest absolute Gasteiger partial charge is 0.324 e. The van der Waals surface area contributed by atoms with Crippen LogP contribution in [0.25, 0.3) is 0 Å². The van der Waals surface area contributed by atoms with E-state index in [1.807, 2.05) is 6.92 Å². The van der Waals surface area contributed by atoms with Crippen molar-refractivity contribution in [2.24, 2.45) is 0 Å². The second-order valence-corrected chi connectivity index (χ2v) is 6.79. The number of anilines is 1. The first-order valence-electron chi connectivity index (χ1n) is 5.97. The minimum atomic E-state index is -0.291. The first-order valence-corrected chi connectivity index (χ1v) is 7.63. The molecule has 106 valence electrons. The molecule has 1 aliphatic rings. The predicted molar refractivity (Wildman–Crippen MR) is 86.2 cm³/mol. The highest BCUT2D eigenvalue weighted by Gasteiger charge is 2.34. The maximum atomic E-state index is 12.0. The van der Waals surface area contributed by atoms with Gasteiger partial charge in [0.15, 0.2) is 0 Å². The van der Waals surface area contributed by atoms with E-state index in [2.05, 4.69) is 5.32 Å². The maximum absolute atomic E-state index is 12.0. The molecule has 0 aromatic heterocycles. The van der Waals surface area contributed by atoms with E-state index in [4.69, 9.17) is 23.8 Å². The maximum Gasteiger partial charge on any atom is 0.244 e. The zero-order chi connectivity index (χ0) is 14.9. The van der Waals surface area contributed by atoms with Gasteiger partial charge in [-0.25, -0.2) is 0 Å². The molecule has 0 saturated carbocycles. The van der Waals surface area contributed by atoms with Crippen LogP contribution >= 0.6 is 35.6 Å². The summed E-state index contributed by atoms with van der Waals surface area (Å²) in [7, 11) is 0. The third kappa shape index (κ3) is 3.13. The number of hydrogen-bond acceptors (Lipinski definition) is 4. The number of halogens is 1. The van der Waals surface area contributed by atoms with Gasteiger partial charge in [0, 0.05) is 10.7 Å². The zero-order valence-corrected chi connectivity index (χ0v) is 13.4. The van der Waals surface area contributed by atoms with Gasteiger partial charge in [-0.1, -0.05) is 41.6 Å². The SMILES string of the molecule is Cc1c(Cl)cccc1NC(=O)CN1C(=O)C(C)SC1=S. The van der Waals surface area contributed by atoms with Crippen LogP contribution < -0.4 is 5.32 Å². The van der Waals surface area contributed by atoms with Crippen molar-refractivity contribution in [1.82, 2.24) is 4.90 Å². The number of nitrogens with zero attached hydrogens (tertiary/aromatic N) is 1. The molecule has 7 heteroatoms. The van der Waals surface area contributed by atoms with Crippen LogP contribution in [0.3, 0.4) is 0 Å². The first-order chi connectivity index (χ1) is 9.40. The molecule has 0 aliphatic carbocycles. The molecule has 1 N–H and O–H groups in total. The van der Waals surface area contributed by atoms with E-state index in [9.17, 15) is 9.59 Å². The summed E-state index contributed by atoms with van der Waals surface area (Å²) >= 11 is 12.4. The Labute approximate surface area is 131 Å². The summed E-state index contributed by atoms with van der Waals surface area (Å²) in [4.78, 5) is 25.2. The summed E-state index contributed by atoms with van der Waals surface area (Å²) in [6.45, 7) is 3.53. The Bertz CT molecular complexity index is 592. The summed E-state index contributed by atoms with van der Waals surface area (Å²) in [6, 6.07) is 5.28. The molecular weight excluding hydrogens is 316 g/mol. The fraction of sp³-hybridized carbons (Fsp3) is 0.308. The summed E-state index contributed by atoms with van der Waals surface area (Å²) < 4.78 is 0.445. The van der Waals surface area contributed by atoms with Crippen molar-refractivity contribution < 1.29 is 9.59 Å². The summed E-state index contributed by atoms with van der Waals surface area (Å²) in [5.41, 5.74) is 1.43. The van der Waals surface area contributed by atoms with E-state index in [-0.39, 0.29) is 23.6 Å². The van der Waals surface area contributed by atoms with Gasteiger partial charge in [-0.15, -0.1) is 0 Å². The monoisotopic (exact) mass is 328 g/mol. The van der Waals surface area contributed by atoms with Crippen LogP contribution in [0.15, 0.2) is 18.2 Å². The van der Waals surface area contributed by atoms with Crippen LogP contribution in [-0.4, -0.2) is 32.8 Å². The molecule has 1 saturated heterocycles. The Morgan fingerprint density at radius 2 is 2.25 bits per heavy atom. The molecule has 2 amide bonds. The van der Waals surface area contributed by atoms with E-state index in [0.29, 0.717) is 15.0 Å². The molecule has 1 atom stereocenters. The highest BCUT2D eigenvalue weighted by Crippen LogP contribution is 2.27. The minimum absolute atomic E-state index is 0.0685. The zero-order valence-electron chi connectivity index (χ0n) is 11.0. The second kappa shape index (κ2) is 6.11. The van der Waals surface area contributed by atoms with Crippen molar-refractivity contribution in [3.05, 3.63) is 28.8 Å². The molecule has 20 heavy (non-hydrogen) atoms. The van der Waals surface area contributed by atoms with Crippen LogP contribution in [0.4, 0.5) is 5.69 Å². The lowest BCUT2D eigenvalue weighted by Gasteiger charge is -2.16. The average Bonchev–Trinajstić information content (AvgIpc) is 2.62. The normalized spacial score (nSPS) is 18.6. The lowest BCUT2D eigenvalue weighted by molar-refractivity contribution is -0.129. The molecule has 1 aromatic rings. The molecule has 1 aromatic carbocycles. The minimum Gasteiger partial charge on any atom is -0.324 e. The van der Waals surface area contributed by atoms with Crippen molar-refractivity contribution in [2.75, 3.05) is 11.9 Å². The van der Waals surface area contributed by atoms with Crippen molar-refractivity contribution in [3.8, 4) is 0 Å². The first kappa shape index (κ1) is 15.3. The molecule has 0 bridgehead atoms. The van der Waals surface area contributed by atoms with Gasteiger partial charge in [0.1, 0.15) is 10.9 Å². The summed E-state index contributed by atoms with van der Waals surface area (Å²) in [5, 5.41) is 3.11. The highest BCUT2D eigenvalue weighted by atomic mass is 35.5. The Morgan fingerprint density at radius 3 is 2.85 bits per heavy atom. The van der Waals surface area contributed by atoms with Gasteiger partial charge in [0.05, 0.1) is 5.25 Å². The number of benzene rings is 1. The fourth-order valence-electron chi connectivity index (χ4n) is 1.79. The number of carbonyl (C=O) groups excluding carboxylic acids is 2. The van der Waals surface area contributed by atoms with Crippen LogP contribution in [-0.2, 0) is 9.59 Å². The van der Waals surface area contributed by atoms with Gasteiger partial charge >= 0.3 is 0 Å². The van der Waals surface area contributed by atoms with Gasteiger partial charge < -0.3 is 5.32 Å². The van der Waals surface area contributed by atoms with E-state index in [0.717, 1.165) is 5.56 Å². The number of nitrogens with one attached hydrogen (secondary N) is 1. The van der Waals surface area contributed by atoms with Crippen molar-refractivity contribution in [1.29, 1.82) is 0 Å². The standard InChI is InChI=1S/C13H13ClN2O2S2/c1-7-9(14)4-3-5-10(7)15-11(17)6-16-12(18)8(2)20-13(16)19/h3-5,8H,6H2,1-2H3,(H,15,17). The lowest BCUT2D eigenvalue weighted by Crippen LogP contribution is -2.37. The van der Waals surface area contributed by atoms with E-state index in [1.54, 1.807) is 25.1 Å². The van der Waals surface area contributed by atoms with Gasteiger partial charge in [0.25, 0.3) is 0 Å². The van der Waals surface area contributed by atoms with Crippen molar-refractivity contribution >= 4 is 57.4 Å². The van der Waals surface area contributed by atoms with Gasteiger partial charge in [-0.05, 0) is 31.5 Å². The van der Waals surface area contributed by atoms with Crippen LogP contribution in [0.1, 0.15) is 12.5 Å².